The number of benzene rings is 1. The summed E-state index contributed by atoms with van der Waals surface area (Å²) in [6.45, 7) is 2.68. The number of halogens is 2. The van der Waals surface area contributed by atoms with E-state index < -0.39 is 0 Å². The van der Waals surface area contributed by atoms with Gasteiger partial charge in [-0.15, -0.1) is 0 Å². The van der Waals surface area contributed by atoms with Gasteiger partial charge < -0.3 is 4.90 Å². The lowest BCUT2D eigenvalue weighted by Crippen LogP contribution is -2.24. The summed E-state index contributed by atoms with van der Waals surface area (Å²) in [5.41, 5.74) is 2.39. The maximum atomic E-state index is 8.82. The number of hydrogen-bond donors (Lipinski definition) is 0. The van der Waals surface area contributed by atoms with Crippen molar-refractivity contribution in [3.63, 3.8) is 0 Å². The van der Waals surface area contributed by atoms with Crippen molar-refractivity contribution >= 4 is 37.5 Å². The molecule has 0 aliphatic carbocycles. The smallest absolute Gasteiger partial charge is 0.0671 e. The maximum Gasteiger partial charge on any atom is 0.0671 e. The molecular formula is C12H14Br2N2. The van der Waals surface area contributed by atoms with Gasteiger partial charge in [0.25, 0.3) is 0 Å². The molecule has 0 aliphatic heterocycles. The summed E-state index contributed by atoms with van der Waals surface area (Å²) in [5, 5.41) is 9.64. The SMILES string of the molecule is CC(C#N)CN(C)c1cc(Br)ccc1CBr. The molecule has 0 amide bonds. The van der Waals surface area contributed by atoms with Gasteiger partial charge in [0.1, 0.15) is 0 Å². The standard InChI is InChI=1S/C12H14Br2N2/c1-9(7-15)8-16(2)12-5-11(14)4-3-10(12)6-13/h3-5,9H,6,8H2,1-2H3. The number of anilines is 1. The lowest BCUT2D eigenvalue weighted by Gasteiger charge is -2.23. The molecule has 0 saturated heterocycles. The number of nitrogens with zero attached hydrogens (tertiary/aromatic N) is 2. The zero-order valence-corrected chi connectivity index (χ0v) is 12.5. The fourth-order valence-electron chi connectivity index (χ4n) is 1.56. The average Bonchev–Trinajstić information content (AvgIpc) is 2.28. The van der Waals surface area contributed by atoms with Crippen LogP contribution >= 0.6 is 31.9 Å². The van der Waals surface area contributed by atoms with Crippen LogP contribution in [0.3, 0.4) is 0 Å². The van der Waals surface area contributed by atoms with Crippen LogP contribution in [0.1, 0.15) is 12.5 Å². The molecule has 1 aromatic carbocycles. The van der Waals surface area contributed by atoms with Crippen molar-refractivity contribution in [1.29, 1.82) is 5.26 Å². The van der Waals surface area contributed by atoms with E-state index in [1.807, 2.05) is 20.0 Å². The van der Waals surface area contributed by atoms with Crippen LogP contribution in [-0.4, -0.2) is 13.6 Å². The van der Waals surface area contributed by atoms with Crippen molar-refractivity contribution < 1.29 is 0 Å². The Labute approximate surface area is 114 Å². The largest absolute Gasteiger partial charge is 0.373 e. The molecule has 0 radical (unpaired) electrons. The average molecular weight is 346 g/mol. The van der Waals surface area contributed by atoms with Crippen molar-refractivity contribution in [2.75, 3.05) is 18.5 Å². The van der Waals surface area contributed by atoms with E-state index in [9.17, 15) is 0 Å². The minimum Gasteiger partial charge on any atom is -0.373 e. The summed E-state index contributed by atoms with van der Waals surface area (Å²) in [6.07, 6.45) is 0. The van der Waals surface area contributed by atoms with Crippen molar-refractivity contribution in [2.24, 2.45) is 5.92 Å². The summed E-state index contributed by atoms with van der Waals surface area (Å²) >= 11 is 6.95. The van der Waals surface area contributed by atoms with Crippen LogP contribution in [0.15, 0.2) is 22.7 Å². The molecule has 2 nitrogen and oxygen atoms in total. The molecule has 4 heteroatoms. The van der Waals surface area contributed by atoms with Gasteiger partial charge in [-0.3, -0.25) is 0 Å². The third-order valence-electron chi connectivity index (χ3n) is 2.37. The fourth-order valence-corrected chi connectivity index (χ4v) is 2.38. The van der Waals surface area contributed by atoms with Crippen LogP contribution in [0, 0.1) is 17.2 Å². The van der Waals surface area contributed by atoms with Crippen molar-refractivity contribution in [2.45, 2.75) is 12.3 Å². The number of nitriles is 1. The molecule has 0 aromatic heterocycles. The van der Waals surface area contributed by atoms with Gasteiger partial charge in [0.15, 0.2) is 0 Å². The molecule has 1 rings (SSSR count). The van der Waals surface area contributed by atoms with Crippen molar-refractivity contribution in [3.8, 4) is 6.07 Å². The van der Waals surface area contributed by atoms with E-state index in [0.717, 1.165) is 22.0 Å². The van der Waals surface area contributed by atoms with Crippen LogP contribution in [0.5, 0.6) is 0 Å². The second-order valence-electron chi connectivity index (χ2n) is 3.82. The highest BCUT2D eigenvalue weighted by Crippen LogP contribution is 2.26. The first-order chi connectivity index (χ1) is 7.58. The van der Waals surface area contributed by atoms with E-state index in [2.05, 4.69) is 55.0 Å². The Morgan fingerprint density at radius 1 is 1.50 bits per heavy atom. The van der Waals surface area contributed by atoms with E-state index in [0.29, 0.717) is 0 Å². The lowest BCUT2D eigenvalue weighted by atomic mass is 10.1. The normalized spacial score (nSPS) is 11.9. The Morgan fingerprint density at radius 2 is 2.19 bits per heavy atom. The van der Waals surface area contributed by atoms with Crippen LogP contribution in [0.25, 0.3) is 0 Å². The highest BCUT2D eigenvalue weighted by Gasteiger charge is 2.10. The Bertz CT molecular complexity index is 398. The first-order valence-electron chi connectivity index (χ1n) is 5.03. The number of rotatable bonds is 4. The summed E-state index contributed by atoms with van der Waals surface area (Å²) in [4.78, 5) is 2.12. The van der Waals surface area contributed by atoms with Gasteiger partial charge in [-0.2, -0.15) is 5.26 Å². The van der Waals surface area contributed by atoms with E-state index >= 15 is 0 Å². The van der Waals surface area contributed by atoms with E-state index in [1.165, 1.54) is 5.56 Å². The van der Waals surface area contributed by atoms with E-state index in [1.54, 1.807) is 0 Å². The van der Waals surface area contributed by atoms with Gasteiger partial charge in [-0.05, 0) is 24.6 Å². The summed E-state index contributed by atoms with van der Waals surface area (Å²) in [6, 6.07) is 8.45. The van der Waals surface area contributed by atoms with Gasteiger partial charge >= 0.3 is 0 Å². The predicted molar refractivity (Wildman–Crippen MR) is 74.8 cm³/mol. The van der Waals surface area contributed by atoms with Gasteiger partial charge in [-0.1, -0.05) is 37.9 Å². The van der Waals surface area contributed by atoms with Crippen LogP contribution in [0.2, 0.25) is 0 Å². The second-order valence-corrected chi connectivity index (χ2v) is 5.29. The van der Waals surface area contributed by atoms with Gasteiger partial charge in [0.05, 0.1) is 12.0 Å². The summed E-state index contributed by atoms with van der Waals surface area (Å²) in [7, 11) is 2.02. The van der Waals surface area contributed by atoms with Crippen molar-refractivity contribution in [3.05, 3.63) is 28.2 Å². The van der Waals surface area contributed by atoms with Gasteiger partial charge in [-0.25, -0.2) is 0 Å². The van der Waals surface area contributed by atoms with Crippen molar-refractivity contribution in [1.82, 2.24) is 0 Å². The Kier molecular flexibility index (Phi) is 5.30. The van der Waals surface area contributed by atoms with Gasteiger partial charge in [0.2, 0.25) is 0 Å². The topological polar surface area (TPSA) is 27.0 Å². The third kappa shape index (κ3) is 3.50. The third-order valence-corrected chi connectivity index (χ3v) is 3.47. The molecule has 0 bridgehead atoms. The molecule has 0 heterocycles. The zero-order valence-electron chi connectivity index (χ0n) is 9.37. The van der Waals surface area contributed by atoms with Crippen LogP contribution in [-0.2, 0) is 5.33 Å². The molecule has 0 spiro atoms. The van der Waals surface area contributed by atoms with E-state index in [-0.39, 0.29) is 5.92 Å². The van der Waals surface area contributed by atoms with Crippen LogP contribution in [0.4, 0.5) is 5.69 Å². The minimum atomic E-state index is 0.0344. The second kappa shape index (κ2) is 6.27. The maximum absolute atomic E-state index is 8.82. The Balaban J connectivity index is 2.93. The zero-order chi connectivity index (χ0) is 12.1. The molecule has 16 heavy (non-hydrogen) atoms. The molecule has 86 valence electrons. The molecule has 0 aliphatic rings. The molecular weight excluding hydrogens is 332 g/mol. The highest BCUT2D eigenvalue weighted by molar-refractivity contribution is 9.10. The van der Waals surface area contributed by atoms with E-state index in [4.69, 9.17) is 5.26 Å². The quantitative estimate of drug-likeness (QED) is 0.773. The summed E-state index contributed by atoms with van der Waals surface area (Å²) in [5.74, 6) is 0.0344. The number of alkyl halides is 1. The van der Waals surface area contributed by atoms with Crippen LogP contribution < -0.4 is 4.90 Å². The Morgan fingerprint density at radius 3 is 2.75 bits per heavy atom. The van der Waals surface area contributed by atoms with Gasteiger partial charge in [0, 0.05) is 29.1 Å². The fraction of sp³-hybridized carbons (Fsp3) is 0.417. The Hall–Kier alpha value is -0.530. The first-order valence-corrected chi connectivity index (χ1v) is 6.95. The molecule has 0 N–H and O–H groups in total. The number of hydrogen-bond acceptors (Lipinski definition) is 2. The molecule has 1 aromatic rings. The first kappa shape index (κ1) is 13.5. The highest BCUT2D eigenvalue weighted by atomic mass is 79.9. The molecule has 1 unspecified atom stereocenters. The monoisotopic (exact) mass is 344 g/mol. The molecule has 1 atom stereocenters. The molecule has 0 fully saturated rings. The predicted octanol–water partition coefficient (Wildman–Crippen LogP) is 3.94. The lowest BCUT2D eigenvalue weighted by molar-refractivity contribution is 0.715. The molecule has 0 saturated carbocycles. The summed E-state index contributed by atoms with van der Waals surface area (Å²) < 4.78 is 1.06. The minimum absolute atomic E-state index is 0.0344.